The van der Waals surface area contributed by atoms with Crippen LogP contribution in [0.4, 0.5) is 5.69 Å². The zero-order chi connectivity index (χ0) is 16.4. The van der Waals surface area contributed by atoms with Gasteiger partial charge in [-0.2, -0.15) is 0 Å². The van der Waals surface area contributed by atoms with Crippen molar-refractivity contribution in [1.29, 1.82) is 0 Å². The lowest BCUT2D eigenvalue weighted by Gasteiger charge is -2.35. The van der Waals surface area contributed by atoms with E-state index < -0.39 is 5.60 Å². The number of fused-ring (bicyclic) bond motifs is 1. The van der Waals surface area contributed by atoms with Crippen LogP contribution in [-0.2, 0) is 16.8 Å². The Labute approximate surface area is 136 Å². The third-order valence-corrected chi connectivity index (χ3v) is 4.87. The van der Waals surface area contributed by atoms with Crippen molar-refractivity contribution in [3.63, 3.8) is 0 Å². The van der Waals surface area contributed by atoms with Gasteiger partial charge in [-0.3, -0.25) is 9.78 Å². The van der Waals surface area contributed by atoms with Crippen LogP contribution in [0, 0.1) is 5.92 Å². The number of benzene rings is 1. The molecule has 0 saturated heterocycles. The van der Waals surface area contributed by atoms with Crippen LogP contribution in [-0.4, -0.2) is 16.0 Å². The zero-order valence-corrected chi connectivity index (χ0v) is 13.5. The minimum atomic E-state index is -1.08. The molecule has 2 heterocycles. The molecule has 2 aromatic rings. The number of aliphatic hydroxyl groups is 1. The van der Waals surface area contributed by atoms with Gasteiger partial charge < -0.3 is 10.4 Å². The lowest BCUT2D eigenvalue weighted by atomic mass is 9.75. The topological polar surface area (TPSA) is 62.2 Å². The highest BCUT2D eigenvalue weighted by molar-refractivity contribution is 5.93. The quantitative estimate of drug-likeness (QED) is 0.911. The van der Waals surface area contributed by atoms with E-state index in [-0.39, 0.29) is 11.8 Å². The number of rotatable bonds is 4. The highest BCUT2D eigenvalue weighted by Crippen LogP contribution is 2.39. The van der Waals surface area contributed by atoms with Gasteiger partial charge in [0.05, 0.1) is 0 Å². The van der Waals surface area contributed by atoms with Crippen molar-refractivity contribution in [1.82, 2.24) is 4.98 Å². The molecule has 1 aromatic heterocycles. The first kappa shape index (κ1) is 15.7. The minimum absolute atomic E-state index is 0.0444. The van der Waals surface area contributed by atoms with Crippen molar-refractivity contribution in [3.8, 4) is 0 Å². The lowest BCUT2D eigenvalue weighted by molar-refractivity contribution is -0.116. The monoisotopic (exact) mass is 310 g/mol. The van der Waals surface area contributed by atoms with Gasteiger partial charge in [-0.1, -0.05) is 38.5 Å². The van der Waals surface area contributed by atoms with E-state index in [1.54, 1.807) is 12.4 Å². The van der Waals surface area contributed by atoms with Crippen LogP contribution in [0.3, 0.4) is 0 Å². The van der Waals surface area contributed by atoms with Crippen molar-refractivity contribution in [2.24, 2.45) is 5.92 Å². The van der Waals surface area contributed by atoms with E-state index in [4.69, 9.17) is 0 Å². The number of anilines is 1. The maximum atomic E-state index is 11.5. The molecule has 1 aliphatic heterocycles. The first-order valence-electron chi connectivity index (χ1n) is 8.11. The van der Waals surface area contributed by atoms with Crippen LogP contribution in [0.25, 0.3) is 0 Å². The van der Waals surface area contributed by atoms with Gasteiger partial charge in [0.25, 0.3) is 0 Å². The summed E-state index contributed by atoms with van der Waals surface area (Å²) in [6, 6.07) is 9.59. The fraction of sp³-hybridized carbons (Fsp3) is 0.368. The Morgan fingerprint density at radius 2 is 2.13 bits per heavy atom. The zero-order valence-electron chi connectivity index (χ0n) is 13.5. The summed E-state index contributed by atoms with van der Waals surface area (Å²) in [5, 5.41) is 14.4. The van der Waals surface area contributed by atoms with Crippen molar-refractivity contribution in [2.45, 2.75) is 38.7 Å². The maximum absolute atomic E-state index is 11.5. The summed E-state index contributed by atoms with van der Waals surface area (Å²) in [5.41, 5.74) is 2.50. The number of nitrogens with zero attached hydrogens (tertiary/aromatic N) is 1. The Morgan fingerprint density at radius 3 is 2.83 bits per heavy atom. The van der Waals surface area contributed by atoms with E-state index >= 15 is 0 Å². The molecule has 2 atom stereocenters. The van der Waals surface area contributed by atoms with Gasteiger partial charge in [-0.05, 0) is 35.6 Å². The smallest absolute Gasteiger partial charge is 0.224 e. The molecule has 0 radical (unpaired) electrons. The van der Waals surface area contributed by atoms with E-state index in [1.807, 2.05) is 37.3 Å². The van der Waals surface area contributed by atoms with Crippen molar-refractivity contribution < 1.29 is 9.90 Å². The number of nitrogens with one attached hydrogen (secondary N) is 1. The number of aromatic nitrogens is 1. The predicted octanol–water partition coefficient (Wildman–Crippen LogP) is 3.25. The highest BCUT2D eigenvalue weighted by atomic mass is 16.3. The largest absolute Gasteiger partial charge is 0.380 e. The third kappa shape index (κ3) is 2.75. The summed E-state index contributed by atoms with van der Waals surface area (Å²) in [6.07, 6.45) is 5.49. The van der Waals surface area contributed by atoms with Gasteiger partial charge >= 0.3 is 0 Å². The summed E-state index contributed by atoms with van der Waals surface area (Å²) in [5.74, 6) is 0.0950. The van der Waals surface area contributed by atoms with Gasteiger partial charge in [-0.15, -0.1) is 0 Å². The molecule has 0 fully saturated rings. The second-order valence-electron chi connectivity index (χ2n) is 6.24. The fourth-order valence-corrected chi connectivity index (χ4v) is 3.24. The van der Waals surface area contributed by atoms with Crippen molar-refractivity contribution in [3.05, 3.63) is 59.4 Å². The molecule has 1 amide bonds. The van der Waals surface area contributed by atoms with E-state index in [0.717, 1.165) is 28.8 Å². The SMILES string of the molecule is CCC(C)C(O)(c1cccnc1)c1ccc2c(c1)CCC(=O)N2. The fourth-order valence-electron chi connectivity index (χ4n) is 3.24. The molecule has 0 aliphatic carbocycles. The third-order valence-electron chi connectivity index (χ3n) is 4.87. The number of aryl methyl sites for hydroxylation is 1. The molecule has 4 nitrogen and oxygen atoms in total. The van der Waals surface area contributed by atoms with Gasteiger partial charge in [0.15, 0.2) is 0 Å². The Balaban J connectivity index is 2.10. The first-order chi connectivity index (χ1) is 11.1. The molecule has 0 spiro atoms. The summed E-state index contributed by atoms with van der Waals surface area (Å²) in [4.78, 5) is 15.7. The Kier molecular flexibility index (Phi) is 4.18. The van der Waals surface area contributed by atoms with Gasteiger partial charge in [-0.25, -0.2) is 0 Å². The molecule has 2 unspecified atom stereocenters. The van der Waals surface area contributed by atoms with Crippen molar-refractivity contribution in [2.75, 3.05) is 5.32 Å². The van der Waals surface area contributed by atoms with Crippen LogP contribution in [0.5, 0.6) is 0 Å². The molecule has 3 rings (SSSR count). The molecule has 120 valence electrons. The predicted molar refractivity (Wildman–Crippen MR) is 90.1 cm³/mol. The van der Waals surface area contributed by atoms with E-state index in [1.165, 1.54) is 0 Å². The molecule has 2 N–H and O–H groups in total. The minimum Gasteiger partial charge on any atom is -0.380 e. The van der Waals surface area contributed by atoms with Gasteiger partial charge in [0, 0.05) is 30.1 Å². The molecular formula is C19H22N2O2. The number of carbonyl (C=O) groups is 1. The normalized spacial score (nSPS) is 17.8. The number of carbonyl (C=O) groups excluding carboxylic acids is 1. The second kappa shape index (κ2) is 6.13. The number of hydrogen-bond acceptors (Lipinski definition) is 3. The summed E-state index contributed by atoms with van der Waals surface area (Å²) < 4.78 is 0. The average molecular weight is 310 g/mol. The van der Waals surface area contributed by atoms with Crippen molar-refractivity contribution >= 4 is 11.6 Å². The number of pyridine rings is 1. The van der Waals surface area contributed by atoms with Crippen LogP contribution in [0.2, 0.25) is 0 Å². The van der Waals surface area contributed by atoms with Crippen LogP contribution < -0.4 is 5.32 Å². The average Bonchev–Trinajstić information content (AvgIpc) is 2.60. The molecular weight excluding hydrogens is 288 g/mol. The maximum Gasteiger partial charge on any atom is 0.224 e. The van der Waals surface area contributed by atoms with Gasteiger partial charge in [0.2, 0.25) is 5.91 Å². The van der Waals surface area contributed by atoms with Crippen LogP contribution >= 0.6 is 0 Å². The number of hydrogen-bond donors (Lipinski definition) is 2. The van der Waals surface area contributed by atoms with Gasteiger partial charge in [0.1, 0.15) is 5.60 Å². The van der Waals surface area contributed by atoms with Crippen LogP contribution in [0.15, 0.2) is 42.7 Å². The summed E-state index contributed by atoms with van der Waals surface area (Å²) >= 11 is 0. The lowest BCUT2D eigenvalue weighted by Crippen LogP contribution is -2.35. The molecule has 0 saturated carbocycles. The Bertz CT molecular complexity index is 715. The molecule has 23 heavy (non-hydrogen) atoms. The van der Waals surface area contributed by atoms with E-state index in [0.29, 0.717) is 12.8 Å². The van der Waals surface area contributed by atoms with E-state index in [9.17, 15) is 9.90 Å². The summed E-state index contributed by atoms with van der Waals surface area (Å²) in [6.45, 7) is 4.12. The molecule has 1 aliphatic rings. The molecule has 1 aromatic carbocycles. The Morgan fingerprint density at radius 1 is 1.30 bits per heavy atom. The second-order valence-corrected chi connectivity index (χ2v) is 6.24. The molecule has 4 heteroatoms. The summed E-state index contributed by atoms with van der Waals surface area (Å²) in [7, 11) is 0. The highest BCUT2D eigenvalue weighted by Gasteiger charge is 2.37. The van der Waals surface area contributed by atoms with E-state index in [2.05, 4.69) is 17.2 Å². The molecule has 0 bridgehead atoms. The Hall–Kier alpha value is -2.20. The number of amides is 1. The first-order valence-corrected chi connectivity index (χ1v) is 8.11. The van der Waals surface area contributed by atoms with Crippen LogP contribution in [0.1, 0.15) is 43.4 Å². The standard InChI is InChI=1S/C19H22N2O2/c1-3-13(2)19(23,16-5-4-10-20-12-16)15-7-8-17-14(11-15)6-9-18(22)21-17/h4-5,7-8,10-13,23H,3,6,9H2,1-2H3,(H,21,22).